The van der Waals surface area contributed by atoms with Gasteiger partial charge in [-0.25, -0.2) is 0 Å². The van der Waals surface area contributed by atoms with E-state index in [0.29, 0.717) is 31.4 Å². The van der Waals surface area contributed by atoms with Crippen LogP contribution >= 0.6 is 0 Å². The second-order valence-corrected chi connectivity index (χ2v) is 5.02. The second-order valence-electron chi connectivity index (χ2n) is 5.02. The average molecular weight is 228 g/mol. The molecular weight excluding hydrogens is 204 g/mol. The minimum atomic E-state index is 0.0487. The average Bonchev–Trinajstić information content (AvgIpc) is 2.99. The first-order chi connectivity index (χ1) is 7.59. The Labute approximate surface area is 97.9 Å². The van der Waals surface area contributed by atoms with E-state index in [1.165, 1.54) is 12.8 Å². The summed E-state index contributed by atoms with van der Waals surface area (Å²) in [6.07, 6.45) is 2.83. The maximum Gasteiger partial charge on any atom is 0.221 e. The number of nitrogens with two attached hydrogens (primary N) is 1. The van der Waals surface area contributed by atoms with Crippen molar-refractivity contribution >= 4 is 5.91 Å². The zero-order valence-electron chi connectivity index (χ0n) is 10.4. The van der Waals surface area contributed by atoms with Crippen molar-refractivity contribution in [2.45, 2.75) is 39.2 Å². The van der Waals surface area contributed by atoms with Crippen LogP contribution in [0.5, 0.6) is 0 Å². The Balaban J connectivity index is 1.93. The molecule has 16 heavy (non-hydrogen) atoms. The topological polar surface area (TPSA) is 64.3 Å². The van der Waals surface area contributed by atoms with E-state index >= 15 is 0 Å². The van der Waals surface area contributed by atoms with Crippen molar-refractivity contribution in [2.24, 2.45) is 17.6 Å². The summed E-state index contributed by atoms with van der Waals surface area (Å²) in [5.74, 6) is 1.18. The molecule has 0 aromatic carbocycles. The fourth-order valence-corrected chi connectivity index (χ4v) is 1.56. The highest BCUT2D eigenvalue weighted by Gasteiger charge is 2.29. The Morgan fingerprint density at radius 2 is 2.19 bits per heavy atom. The molecule has 3 N–H and O–H groups in total. The van der Waals surface area contributed by atoms with Crippen LogP contribution in [-0.4, -0.2) is 31.7 Å². The van der Waals surface area contributed by atoms with Crippen LogP contribution in [0, 0.1) is 11.8 Å². The van der Waals surface area contributed by atoms with E-state index in [2.05, 4.69) is 19.2 Å². The van der Waals surface area contributed by atoms with Gasteiger partial charge in [-0.1, -0.05) is 13.8 Å². The molecule has 0 saturated heterocycles. The summed E-state index contributed by atoms with van der Waals surface area (Å²) in [7, 11) is 0. The minimum Gasteiger partial charge on any atom is -0.379 e. The second kappa shape index (κ2) is 6.86. The van der Waals surface area contributed by atoms with Crippen LogP contribution in [0.4, 0.5) is 0 Å². The first kappa shape index (κ1) is 13.5. The van der Waals surface area contributed by atoms with Crippen molar-refractivity contribution in [2.75, 3.05) is 19.8 Å². The molecule has 0 aromatic rings. The predicted molar refractivity (Wildman–Crippen MR) is 64.0 cm³/mol. The van der Waals surface area contributed by atoms with Gasteiger partial charge >= 0.3 is 0 Å². The van der Waals surface area contributed by atoms with Crippen LogP contribution in [0.2, 0.25) is 0 Å². The van der Waals surface area contributed by atoms with Gasteiger partial charge in [0, 0.05) is 25.6 Å². The van der Waals surface area contributed by atoms with E-state index in [1.807, 2.05) is 0 Å². The molecule has 1 atom stereocenters. The first-order valence-electron chi connectivity index (χ1n) is 6.19. The molecule has 0 radical (unpaired) electrons. The van der Waals surface area contributed by atoms with Gasteiger partial charge in [-0.05, 0) is 24.7 Å². The largest absolute Gasteiger partial charge is 0.379 e. The SMILES string of the molecule is CC(C)COCCNC(=O)CC(N)C1CC1. The van der Waals surface area contributed by atoms with Gasteiger partial charge < -0.3 is 15.8 Å². The summed E-state index contributed by atoms with van der Waals surface area (Å²) in [4.78, 5) is 11.4. The lowest BCUT2D eigenvalue weighted by Gasteiger charge is -2.11. The van der Waals surface area contributed by atoms with E-state index in [0.717, 1.165) is 6.61 Å². The van der Waals surface area contributed by atoms with E-state index in [1.54, 1.807) is 0 Å². The van der Waals surface area contributed by atoms with Gasteiger partial charge in [0.15, 0.2) is 0 Å². The highest BCUT2D eigenvalue weighted by molar-refractivity contribution is 5.76. The molecule has 0 heterocycles. The van der Waals surface area contributed by atoms with Crippen molar-refractivity contribution in [1.29, 1.82) is 0 Å². The van der Waals surface area contributed by atoms with Crippen molar-refractivity contribution < 1.29 is 9.53 Å². The number of ether oxygens (including phenoxy) is 1. The van der Waals surface area contributed by atoms with E-state index in [4.69, 9.17) is 10.5 Å². The number of rotatable bonds is 8. The smallest absolute Gasteiger partial charge is 0.221 e. The zero-order valence-corrected chi connectivity index (χ0v) is 10.4. The van der Waals surface area contributed by atoms with Crippen LogP contribution in [0.15, 0.2) is 0 Å². The minimum absolute atomic E-state index is 0.0487. The number of carbonyl (C=O) groups is 1. The Bertz CT molecular complexity index is 215. The van der Waals surface area contributed by atoms with Gasteiger partial charge in [0.1, 0.15) is 0 Å². The third kappa shape index (κ3) is 6.08. The molecule has 1 unspecified atom stereocenters. The number of amides is 1. The molecule has 0 bridgehead atoms. The van der Waals surface area contributed by atoms with E-state index in [-0.39, 0.29) is 11.9 Å². The van der Waals surface area contributed by atoms with Crippen molar-refractivity contribution in [3.05, 3.63) is 0 Å². The lowest BCUT2D eigenvalue weighted by molar-refractivity contribution is -0.121. The van der Waals surface area contributed by atoms with Gasteiger partial charge in [0.05, 0.1) is 6.61 Å². The Morgan fingerprint density at radius 3 is 2.75 bits per heavy atom. The van der Waals surface area contributed by atoms with Crippen LogP contribution in [0.25, 0.3) is 0 Å². The molecular formula is C12H24N2O2. The van der Waals surface area contributed by atoms with Crippen LogP contribution in [0.3, 0.4) is 0 Å². The predicted octanol–water partition coefficient (Wildman–Crippen LogP) is 0.903. The highest BCUT2D eigenvalue weighted by Crippen LogP contribution is 2.32. The maximum atomic E-state index is 11.4. The van der Waals surface area contributed by atoms with Crippen molar-refractivity contribution in [3.8, 4) is 0 Å². The van der Waals surface area contributed by atoms with Gasteiger partial charge in [-0.3, -0.25) is 4.79 Å². The van der Waals surface area contributed by atoms with Crippen molar-refractivity contribution in [3.63, 3.8) is 0 Å². The number of carbonyl (C=O) groups excluding carboxylic acids is 1. The standard InChI is InChI=1S/C12H24N2O2/c1-9(2)8-16-6-5-14-12(15)7-11(13)10-3-4-10/h9-11H,3-8,13H2,1-2H3,(H,14,15). The van der Waals surface area contributed by atoms with E-state index < -0.39 is 0 Å². The zero-order chi connectivity index (χ0) is 12.0. The molecule has 4 heteroatoms. The Morgan fingerprint density at radius 1 is 1.50 bits per heavy atom. The third-order valence-electron chi connectivity index (χ3n) is 2.67. The summed E-state index contributed by atoms with van der Waals surface area (Å²) in [6.45, 7) is 6.13. The lowest BCUT2D eigenvalue weighted by Crippen LogP contribution is -2.34. The van der Waals surface area contributed by atoms with Gasteiger partial charge in [-0.2, -0.15) is 0 Å². The summed E-state index contributed by atoms with van der Waals surface area (Å²) in [6, 6.07) is 0.0524. The molecule has 0 aromatic heterocycles. The molecule has 94 valence electrons. The molecule has 0 spiro atoms. The fraction of sp³-hybridized carbons (Fsp3) is 0.917. The summed E-state index contributed by atoms with van der Waals surface area (Å²) in [5, 5.41) is 2.83. The quantitative estimate of drug-likeness (QED) is 0.607. The van der Waals surface area contributed by atoms with Gasteiger partial charge in [0.2, 0.25) is 5.91 Å². The Hall–Kier alpha value is -0.610. The molecule has 0 aliphatic heterocycles. The first-order valence-corrected chi connectivity index (χ1v) is 6.19. The number of hydrogen-bond acceptors (Lipinski definition) is 3. The third-order valence-corrected chi connectivity index (χ3v) is 2.67. The lowest BCUT2D eigenvalue weighted by atomic mass is 10.1. The molecule has 1 rings (SSSR count). The van der Waals surface area contributed by atoms with Crippen molar-refractivity contribution in [1.82, 2.24) is 5.32 Å². The molecule has 1 aliphatic rings. The van der Waals surface area contributed by atoms with Gasteiger partial charge in [0.25, 0.3) is 0 Å². The number of hydrogen-bond donors (Lipinski definition) is 2. The van der Waals surface area contributed by atoms with Crippen LogP contribution in [-0.2, 0) is 9.53 Å². The molecule has 4 nitrogen and oxygen atoms in total. The van der Waals surface area contributed by atoms with Crippen LogP contribution in [0.1, 0.15) is 33.1 Å². The molecule has 1 amide bonds. The summed E-state index contributed by atoms with van der Waals surface area (Å²) in [5.41, 5.74) is 5.86. The van der Waals surface area contributed by atoms with Crippen LogP contribution < -0.4 is 11.1 Å². The van der Waals surface area contributed by atoms with Gasteiger partial charge in [-0.15, -0.1) is 0 Å². The molecule has 1 fully saturated rings. The summed E-state index contributed by atoms with van der Waals surface area (Å²) < 4.78 is 5.36. The normalized spacial score (nSPS) is 17.5. The Kier molecular flexibility index (Phi) is 5.77. The fourth-order valence-electron chi connectivity index (χ4n) is 1.56. The molecule has 1 saturated carbocycles. The summed E-state index contributed by atoms with van der Waals surface area (Å²) >= 11 is 0. The monoisotopic (exact) mass is 228 g/mol. The number of nitrogens with one attached hydrogen (secondary N) is 1. The highest BCUT2D eigenvalue weighted by atomic mass is 16.5. The van der Waals surface area contributed by atoms with E-state index in [9.17, 15) is 4.79 Å². The molecule has 1 aliphatic carbocycles. The maximum absolute atomic E-state index is 11.4.